The Morgan fingerprint density at radius 1 is 1.62 bits per heavy atom. The maximum Gasteiger partial charge on any atom is 0.244 e. The van der Waals surface area contributed by atoms with Gasteiger partial charge < -0.3 is 10.6 Å². The summed E-state index contributed by atoms with van der Waals surface area (Å²) < 4.78 is 1.56. The maximum absolute atomic E-state index is 11.8. The van der Waals surface area contributed by atoms with E-state index in [1.165, 1.54) is 0 Å². The average Bonchev–Trinajstić information content (AvgIpc) is 2.60. The van der Waals surface area contributed by atoms with Crippen LogP contribution in [0, 0.1) is 5.92 Å². The molecule has 1 aromatic rings. The number of nitrogens with two attached hydrogens (primary N) is 1. The molecule has 90 valence electrons. The van der Waals surface area contributed by atoms with Crippen LogP contribution < -0.4 is 5.73 Å². The monoisotopic (exact) mass is 224 g/mol. The topological polar surface area (TPSA) is 64.2 Å². The van der Waals surface area contributed by atoms with Crippen molar-refractivity contribution in [2.24, 2.45) is 5.92 Å². The fourth-order valence-corrected chi connectivity index (χ4v) is 1.30. The van der Waals surface area contributed by atoms with E-state index in [2.05, 4.69) is 18.9 Å². The molecule has 0 aliphatic heterocycles. The van der Waals surface area contributed by atoms with Crippen molar-refractivity contribution in [3.63, 3.8) is 0 Å². The average molecular weight is 224 g/mol. The first-order chi connectivity index (χ1) is 7.49. The second-order valence-electron chi connectivity index (χ2n) is 4.44. The van der Waals surface area contributed by atoms with Gasteiger partial charge in [0.15, 0.2) is 0 Å². The van der Waals surface area contributed by atoms with Crippen LogP contribution in [0.15, 0.2) is 12.3 Å². The van der Waals surface area contributed by atoms with E-state index in [-0.39, 0.29) is 12.5 Å². The fourth-order valence-electron chi connectivity index (χ4n) is 1.30. The minimum Gasteiger partial charge on any atom is -0.382 e. The lowest BCUT2D eigenvalue weighted by Gasteiger charge is -2.18. The third-order valence-electron chi connectivity index (χ3n) is 2.43. The number of rotatable bonds is 5. The number of likely N-dealkylation sites (N-methyl/N-ethyl adjacent to an activating group) is 1. The van der Waals surface area contributed by atoms with Gasteiger partial charge in [0.2, 0.25) is 5.91 Å². The van der Waals surface area contributed by atoms with Crippen LogP contribution in [0.3, 0.4) is 0 Å². The number of nitrogen functional groups attached to an aromatic ring is 1. The van der Waals surface area contributed by atoms with Crippen LogP contribution in [0.2, 0.25) is 0 Å². The van der Waals surface area contributed by atoms with E-state index in [9.17, 15) is 4.79 Å². The molecular formula is C11H20N4O. The summed E-state index contributed by atoms with van der Waals surface area (Å²) in [6.45, 7) is 5.33. The Balaban J connectivity index is 2.39. The Labute approximate surface area is 96.2 Å². The number of aromatic nitrogens is 2. The van der Waals surface area contributed by atoms with Gasteiger partial charge in [-0.2, -0.15) is 5.10 Å². The molecule has 5 nitrogen and oxygen atoms in total. The van der Waals surface area contributed by atoms with Crippen LogP contribution >= 0.6 is 0 Å². The summed E-state index contributed by atoms with van der Waals surface area (Å²) in [5, 5.41) is 3.98. The summed E-state index contributed by atoms with van der Waals surface area (Å²) in [6, 6.07) is 1.68. The normalized spacial score (nSPS) is 10.8. The van der Waals surface area contributed by atoms with Gasteiger partial charge in [0.1, 0.15) is 12.4 Å². The van der Waals surface area contributed by atoms with E-state index in [1.807, 2.05) is 7.05 Å². The van der Waals surface area contributed by atoms with Gasteiger partial charge in [0, 0.05) is 19.8 Å². The molecule has 0 aliphatic rings. The lowest BCUT2D eigenvalue weighted by molar-refractivity contribution is -0.130. The molecule has 0 bridgehead atoms. The third kappa shape index (κ3) is 3.92. The zero-order valence-corrected chi connectivity index (χ0v) is 10.2. The molecule has 0 saturated heterocycles. The van der Waals surface area contributed by atoms with Crippen molar-refractivity contribution in [2.45, 2.75) is 26.8 Å². The molecule has 0 atom stereocenters. The molecule has 0 fully saturated rings. The summed E-state index contributed by atoms with van der Waals surface area (Å²) >= 11 is 0. The predicted octanol–water partition coefficient (Wildman–Crippen LogP) is 0.970. The lowest BCUT2D eigenvalue weighted by atomic mass is 10.1. The van der Waals surface area contributed by atoms with Crippen molar-refractivity contribution >= 4 is 11.7 Å². The lowest BCUT2D eigenvalue weighted by Crippen LogP contribution is -2.31. The summed E-state index contributed by atoms with van der Waals surface area (Å²) in [7, 11) is 1.82. The van der Waals surface area contributed by atoms with Gasteiger partial charge in [-0.25, -0.2) is 0 Å². The van der Waals surface area contributed by atoms with Gasteiger partial charge >= 0.3 is 0 Å². The Hall–Kier alpha value is -1.52. The van der Waals surface area contributed by atoms with Crippen molar-refractivity contribution < 1.29 is 4.79 Å². The van der Waals surface area contributed by atoms with E-state index < -0.39 is 0 Å². The third-order valence-corrected chi connectivity index (χ3v) is 2.43. The van der Waals surface area contributed by atoms with Crippen molar-refractivity contribution in [3.05, 3.63) is 12.3 Å². The van der Waals surface area contributed by atoms with Crippen LogP contribution in [0.5, 0.6) is 0 Å². The molecule has 0 radical (unpaired) electrons. The Morgan fingerprint density at radius 3 is 2.81 bits per heavy atom. The van der Waals surface area contributed by atoms with Gasteiger partial charge in [-0.05, 0) is 18.4 Å². The summed E-state index contributed by atoms with van der Waals surface area (Å²) in [5.74, 6) is 1.11. The van der Waals surface area contributed by atoms with Gasteiger partial charge in [-0.1, -0.05) is 13.8 Å². The second kappa shape index (κ2) is 5.53. The van der Waals surface area contributed by atoms with E-state index >= 15 is 0 Å². The Kier molecular flexibility index (Phi) is 4.34. The Bertz CT molecular complexity index is 346. The quantitative estimate of drug-likeness (QED) is 0.810. The first-order valence-electron chi connectivity index (χ1n) is 5.52. The minimum absolute atomic E-state index is 0.0590. The molecule has 0 spiro atoms. The highest BCUT2D eigenvalue weighted by atomic mass is 16.2. The van der Waals surface area contributed by atoms with Gasteiger partial charge in [0.25, 0.3) is 0 Å². The van der Waals surface area contributed by atoms with Gasteiger partial charge in [-0.15, -0.1) is 0 Å². The molecule has 16 heavy (non-hydrogen) atoms. The minimum atomic E-state index is 0.0590. The molecule has 5 heteroatoms. The molecule has 1 rings (SSSR count). The van der Waals surface area contributed by atoms with E-state index in [0.29, 0.717) is 11.7 Å². The zero-order valence-electron chi connectivity index (χ0n) is 10.2. The molecule has 1 aromatic heterocycles. The van der Waals surface area contributed by atoms with E-state index in [4.69, 9.17) is 5.73 Å². The SMILES string of the molecule is CC(C)CCN(C)C(=O)Cn1ccc(N)n1. The standard InChI is InChI=1S/C11H20N4O/c1-9(2)4-6-14(3)11(16)8-15-7-5-10(12)13-15/h5,7,9H,4,6,8H2,1-3H3,(H2,12,13). The second-order valence-corrected chi connectivity index (χ2v) is 4.44. The summed E-state index contributed by atoms with van der Waals surface area (Å²) in [6.07, 6.45) is 2.73. The van der Waals surface area contributed by atoms with Crippen molar-refractivity contribution in [2.75, 3.05) is 19.3 Å². The summed E-state index contributed by atoms with van der Waals surface area (Å²) in [5.41, 5.74) is 5.47. The number of amides is 1. The highest BCUT2D eigenvalue weighted by molar-refractivity contribution is 5.75. The van der Waals surface area contributed by atoms with E-state index in [0.717, 1.165) is 13.0 Å². The first kappa shape index (κ1) is 12.5. The summed E-state index contributed by atoms with van der Waals surface area (Å²) in [4.78, 5) is 13.5. The number of nitrogens with zero attached hydrogens (tertiary/aromatic N) is 3. The van der Waals surface area contributed by atoms with Crippen molar-refractivity contribution in [3.8, 4) is 0 Å². The maximum atomic E-state index is 11.8. The van der Waals surface area contributed by atoms with Crippen LogP contribution in [0.1, 0.15) is 20.3 Å². The molecule has 0 saturated carbocycles. The largest absolute Gasteiger partial charge is 0.382 e. The number of anilines is 1. The van der Waals surface area contributed by atoms with Crippen LogP contribution in [-0.4, -0.2) is 34.2 Å². The van der Waals surface area contributed by atoms with Gasteiger partial charge in [-0.3, -0.25) is 9.48 Å². The Morgan fingerprint density at radius 2 is 2.31 bits per heavy atom. The molecule has 0 aliphatic carbocycles. The van der Waals surface area contributed by atoms with Gasteiger partial charge in [0.05, 0.1) is 0 Å². The predicted molar refractivity (Wildman–Crippen MR) is 63.7 cm³/mol. The fraction of sp³-hybridized carbons (Fsp3) is 0.636. The first-order valence-corrected chi connectivity index (χ1v) is 5.52. The van der Waals surface area contributed by atoms with Crippen molar-refractivity contribution in [1.82, 2.24) is 14.7 Å². The number of carbonyl (C=O) groups excluding carboxylic acids is 1. The highest BCUT2D eigenvalue weighted by Gasteiger charge is 2.10. The van der Waals surface area contributed by atoms with E-state index in [1.54, 1.807) is 21.8 Å². The molecular weight excluding hydrogens is 204 g/mol. The zero-order chi connectivity index (χ0) is 12.1. The number of hydrogen-bond donors (Lipinski definition) is 1. The molecule has 0 unspecified atom stereocenters. The number of hydrogen-bond acceptors (Lipinski definition) is 3. The highest BCUT2D eigenvalue weighted by Crippen LogP contribution is 2.02. The molecule has 0 aromatic carbocycles. The molecule has 2 N–H and O–H groups in total. The molecule has 1 amide bonds. The van der Waals surface area contributed by atoms with Crippen molar-refractivity contribution in [1.29, 1.82) is 0 Å². The smallest absolute Gasteiger partial charge is 0.244 e. The van der Waals surface area contributed by atoms with Crippen LogP contribution in [0.25, 0.3) is 0 Å². The number of carbonyl (C=O) groups is 1. The molecule has 1 heterocycles. The van der Waals surface area contributed by atoms with Crippen LogP contribution in [0.4, 0.5) is 5.82 Å². The van der Waals surface area contributed by atoms with Crippen LogP contribution in [-0.2, 0) is 11.3 Å².